The molecule has 2 rings (SSSR count). The Hall–Kier alpha value is -1.35. The van der Waals surface area contributed by atoms with E-state index in [9.17, 15) is 4.79 Å². The van der Waals surface area contributed by atoms with Gasteiger partial charge in [-0.2, -0.15) is 0 Å². The number of aliphatic carboxylic acids is 1. The minimum absolute atomic E-state index is 0.115. The number of benzene rings is 1. The molecule has 0 amide bonds. The van der Waals surface area contributed by atoms with Gasteiger partial charge in [-0.25, -0.2) is 0 Å². The minimum Gasteiger partial charge on any atom is -0.481 e. The van der Waals surface area contributed by atoms with Crippen LogP contribution in [0.3, 0.4) is 0 Å². The van der Waals surface area contributed by atoms with Crippen LogP contribution in [0.1, 0.15) is 30.9 Å². The highest BCUT2D eigenvalue weighted by Crippen LogP contribution is 2.31. The first-order valence-corrected chi connectivity index (χ1v) is 7.11. The molecule has 0 radical (unpaired) electrons. The lowest BCUT2D eigenvalue weighted by atomic mass is 9.79. The molecular weight excluding hydrogens is 238 g/mol. The molecule has 1 fully saturated rings. The summed E-state index contributed by atoms with van der Waals surface area (Å²) in [5, 5.41) is 8.87. The Labute approximate surface area is 115 Å². The zero-order valence-corrected chi connectivity index (χ0v) is 11.8. The van der Waals surface area contributed by atoms with Crippen LogP contribution in [0, 0.1) is 5.92 Å². The Kier molecular flexibility index (Phi) is 4.59. The van der Waals surface area contributed by atoms with E-state index in [0.717, 1.165) is 32.2 Å². The molecule has 0 heterocycles. The fraction of sp³-hybridized carbons (Fsp3) is 0.562. The molecule has 3 heteroatoms. The Balaban J connectivity index is 1.74. The molecule has 0 unspecified atom stereocenters. The first kappa shape index (κ1) is 14.1. The van der Waals surface area contributed by atoms with Crippen molar-refractivity contribution >= 4 is 5.97 Å². The van der Waals surface area contributed by atoms with E-state index in [-0.39, 0.29) is 5.92 Å². The largest absolute Gasteiger partial charge is 0.481 e. The van der Waals surface area contributed by atoms with Gasteiger partial charge in [0.2, 0.25) is 0 Å². The molecule has 1 saturated carbocycles. The number of carboxylic acids is 1. The van der Waals surface area contributed by atoms with Gasteiger partial charge in [0.25, 0.3) is 0 Å². The van der Waals surface area contributed by atoms with E-state index in [1.165, 1.54) is 11.1 Å². The first-order valence-electron chi connectivity index (χ1n) is 7.11. The maximum absolute atomic E-state index is 10.8. The molecule has 0 spiro atoms. The normalized spacial score (nSPS) is 22.3. The molecule has 0 aromatic heterocycles. The van der Waals surface area contributed by atoms with Crippen LogP contribution in [-0.4, -0.2) is 35.6 Å². The number of nitrogens with zero attached hydrogens (tertiary/aromatic N) is 1. The summed E-state index contributed by atoms with van der Waals surface area (Å²) in [6.07, 6.45) is 3.73. The van der Waals surface area contributed by atoms with Crippen LogP contribution in [0.5, 0.6) is 0 Å². The number of aryl methyl sites for hydroxylation is 1. The highest BCUT2D eigenvalue weighted by Gasteiger charge is 2.36. The van der Waals surface area contributed by atoms with Gasteiger partial charge in [0.15, 0.2) is 0 Å². The van der Waals surface area contributed by atoms with Gasteiger partial charge in [0.1, 0.15) is 0 Å². The van der Waals surface area contributed by atoms with Gasteiger partial charge in [-0.15, -0.1) is 0 Å². The topological polar surface area (TPSA) is 40.5 Å². The van der Waals surface area contributed by atoms with Gasteiger partial charge in [-0.3, -0.25) is 4.79 Å². The van der Waals surface area contributed by atoms with Crippen LogP contribution in [0.25, 0.3) is 0 Å². The van der Waals surface area contributed by atoms with Crippen LogP contribution >= 0.6 is 0 Å². The Morgan fingerprint density at radius 2 is 1.84 bits per heavy atom. The summed E-state index contributed by atoms with van der Waals surface area (Å²) >= 11 is 0. The molecule has 0 aliphatic heterocycles. The van der Waals surface area contributed by atoms with Crippen molar-refractivity contribution in [3.63, 3.8) is 0 Å². The lowest BCUT2D eigenvalue weighted by Crippen LogP contribution is -2.45. The van der Waals surface area contributed by atoms with Crippen molar-refractivity contribution in [1.29, 1.82) is 0 Å². The van der Waals surface area contributed by atoms with Crippen LogP contribution in [0.4, 0.5) is 0 Å². The number of carbonyl (C=O) groups is 1. The third-order valence-electron chi connectivity index (χ3n) is 4.27. The monoisotopic (exact) mass is 261 g/mol. The summed E-state index contributed by atoms with van der Waals surface area (Å²) in [4.78, 5) is 13.1. The van der Waals surface area contributed by atoms with Gasteiger partial charge in [-0.1, -0.05) is 31.2 Å². The van der Waals surface area contributed by atoms with Crippen LogP contribution in [-0.2, 0) is 17.6 Å². The second kappa shape index (κ2) is 6.20. The summed E-state index contributed by atoms with van der Waals surface area (Å²) in [6.45, 7) is 3.17. The molecule has 1 aromatic rings. The van der Waals surface area contributed by atoms with E-state index < -0.39 is 5.97 Å². The third-order valence-corrected chi connectivity index (χ3v) is 4.27. The molecule has 0 saturated heterocycles. The summed E-state index contributed by atoms with van der Waals surface area (Å²) < 4.78 is 0. The molecular formula is C16H23NO2. The summed E-state index contributed by atoms with van der Waals surface area (Å²) in [5.74, 6) is -0.754. The van der Waals surface area contributed by atoms with E-state index in [0.29, 0.717) is 6.04 Å². The van der Waals surface area contributed by atoms with Gasteiger partial charge < -0.3 is 10.0 Å². The fourth-order valence-corrected chi connectivity index (χ4v) is 2.58. The molecule has 1 N–H and O–H groups in total. The predicted octanol–water partition coefficient (Wildman–Crippen LogP) is 2.59. The quantitative estimate of drug-likeness (QED) is 0.855. The zero-order chi connectivity index (χ0) is 13.8. The molecule has 19 heavy (non-hydrogen) atoms. The van der Waals surface area contributed by atoms with Crippen molar-refractivity contribution in [2.24, 2.45) is 5.92 Å². The van der Waals surface area contributed by atoms with E-state index >= 15 is 0 Å². The smallest absolute Gasteiger partial charge is 0.306 e. The lowest BCUT2D eigenvalue weighted by molar-refractivity contribution is -0.146. The summed E-state index contributed by atoms with van der Waals surface area (Å²) in [7, 11) is 2.10. The Bertz CT molecular complexity index is 421. The van der Waals surface area contributed by atoms with Crippen molar-refractivity contribution in [1.82, 2.24) is 4.90 Å². The zero-order valence-electron chi connectivity index (χ0n) is 11.8. The summed E-state index contributed by atoms with van der Waals surface area (Å²) in [5.41, 5.74) is 2.73. The molecule has 1 aliphatic carbocycles. The number of hydrogen-bond donors (Lipinski definition) is 1. The highest BCUT2D eigenvalue weighted by molar-refractivity contribution is 5.71. The van der Waals surface area contributed by atoms with Crippen molar-refractivity contribution in [3.05, 3.63) is 35.4 Å². The predicted molar refractivity (Wildman–Crippen MR) is 76.3 cm³/mol. The second-order valence-corrected chi connectivity index (χ2v) is 5.56. The second-order valence-electron chi connectivity index (χ2n) is 5.56. The minimum atomic E-state index is -0.639. The highest BCUT2D eigenvalue weighted by atomic mass is 16.4. The van der Waals surface area contributed by atoms with E-state index in [2.05, 4.69) is 43.1 Å². The maximum atomic E-state index is 10.8. The van der Waals surface area contributed by atoms with Crippen molar-refractivity contribution in [3.8, 4) is 0 Å². The number of rotatable bonds is 6. The standard InChI is InChI=1S/C16H23NO2/c1-3-12-4-6-13(7-5-12)8-9-17(2)15-10-14(11-15)16(18)19/h4-7,14-15H,3,8-11H2,1-2H3,(H,18,19). The van der Waals surface area contributed by atoms with Gasteiger partial charge >= 0.3 is 5.97 Å². The van der Waals surface area contributed by atoms with E-state index in [1.807, 2.05) is 0 Å². The maximum Gasteiger partial charge on any atom is 0.306 e. The average Bonchev–Trinajstić information content (AvgIpc) is 2.34. The lowest BCUT2D eigenvalue weighted by Gasteiger charge is -2.39. The van der Waals surface area contributed by atoms with E-state index in [1.54, 1.807) is 0 Å². The SMILES string of the molecule is CCc1ccc(CCN(C)C2CC(C(=O)O)C2)cc1. The number of hydrogen-bond acceptors (Lipinski definition) is 2. The molecule has 104 valence electrons. The van der Waals surface area contributed by atoms with Crippen LogP contribution in [0.2, 0.25) is 0 Å². The average molecular weight is 261 g/mol. The molecule has 3 nitrogen and oxygen atoms in total. The molecule has 0 bridgehead atoms. The third kappa shape index (κ3) is 3.57. The summed E-state index contributed by atoms with van der Waals surface area (Å²) in [6, 6.07) is 9.25. The number of carboxylic acid groups (broad SMARTS) is 1. The fourth-order valence-electron chi connectivity index (χ4n) is 2.58. The van der Waals surface area contributed by atoms with Crippen LogP contribution < -0.4 is 0 Å². The molecule has 1 aromatic carbocycles. The van der Waals surface area contributed by atoms with Gasteiger partial charge in [0, 0.05) is 12.6 Å². The van der Waals surface area contributed by atoms with Gasteiger partial charge in [-0.05, 0) is 43.9 Å². The van der Waals surface area contributed by atoms with Crippen molar-refractivity contribution < 1.29 is 9.90 Å². The Morgan fingerprint density at radius 1 is 1.26 bits per heavy atom. The van der Waals surface area contributed by atoms with Crippen molar-refractivity contribution in [2.75, 3.05) is 13.6 Å². The first-order chi connectivity index (χ1) is 9.10. The van der Waals surface area contributed by atoms with Crippen molar-refractivity contribution in [2.45, 2.75) is 38.6 Å². The van der Waals surface area contributed by atoms with Gasteiger partial charge in [0.05, 0.1) is 5.92 Å². The van der Waals surface area contributed by atoms with E-state index in [4.69, 9.17) is 5.11 Å². The molecule has 1 aliphatic rings. The Morgan fingerprint density at radius 3 is 2.37 bits per heavy atom. The molecule has 0 atom stereocenters. The number of likely N-dealkylation sites (N-methyl/N-ethyl adjacent to an activating group) is 1. The van der Waals surface area contributed by atoms with Crippen LogP contribution in [0.15, 0.2) is 24.3 Å².